The van der Waals surface area contributed by atoms with Crippen molar-refractivity contribution in [3.05, 3.63) is 54.1 Å². The highest BCUT2D eigenvalue weighted by Crippen LogP contribution is 2.33. The summed E-state index contributed by atoms with van der Waals surface area (Å²) < 4.78 is 5.55. The second-order valence-corrected chi connectivity index (χ2v) is 9.13. The van der Waals surface area contributed by atoms with E-state index in [4.69, 9.17) is 4.74 Å². The molecule has 0 spiro atoms. The van der Waals surface area contributed by atoms with Crippen molar-refractivity contribution < 1.29 is 14.3 Å². The number of ether oxygens (including phenoxy) is 1. The van der Waals surface area contributed by atoms with E-state index in [-0.39, 0.29) is 23.1 Å². The van der Waals surface area contributed by atoms with Crippen molar-refractivity contribution in [2.24, 2.45) is 11.3 Å². The number of carbonyl (C=O) groups excluding carboxylic acids is 2. The summed E-state index contributed by atoms with van der Waals surface area (Å²) >= 11 is 0. The average molecular weight is 409 g/mol. The lowest BCUT2D eigenvalue weighted by Gasteiger charge is -2.27. The van der Waals surface area contributed by atoms with Crippen molar-refractivity contribution in [1.82, 2.24) is 10.2 Å². The Morgan fingerprint density at radius 2 is 1.77 bits per heavy atom. The van der Waals surface area contributed by atoms with E-state index in [1.165, 1.54) is 0 Å². The number of methoxy groups -OCH3 is 1. The molecule has 1 atom stereocenters. The number of benzene rings is 2. The zero-order valence-corrected chi connectivity index (χ0v) is 18.4. The van der Waals surface area contributed by atoms with Gasteiger partial charge in [-0.25, -0.2) is 0 Å². The fourth-order valence-corrected chi connectivity index (χ4v) is 3.94. The normalized spacial score (nSPS) is 17.3. The lowest BCUT2D eigenvalue weighted by atomic mass is 9.90. The number of hydrogen-bond acceptors (Lipinski definition) is 3. The van der Waals surface area contributed by atoms with Crippen LogP contribution < -0.4 is 10.1 Å². The minimum atomic E-state index is -0.285. The summed E-state index contributed by atoms with van der Waals surface area (Å²) in [5.41, 5.74) is 3.06. The topological polar surface area (TPSA) is 58.6 Å². The first kappa shape index (κ1) is 21.9. The van der Waals surface area contributed by atoms with Gasteiger partial charge in [0.05, 0.1) is 13.0 Å². The summed E-state index contributed by atoms with van der Waals surface area (Å²) in [5, 5.41) is 2.99. The molecule has 30 heavy (non-hydrogen) atoms. The highest BCUT2D eigenvalue weighted by molar-refractivity contribution is 5.83. The number of nitrogens with zero attached hydrogens (tertiary/aromatic N) is 1. The molecule has 3 rings (SSSR count). The maximum absolute atomic E-state index is 12.8. The molecular formula is C25H32N2O3. The maximum atomic E-state index is 12.8. The van der Waals surface area contributed by atoms with Gasteiger partial charge < -0.3 is 15.0 Å². The molecule has 2 amide bonds. The summed E-state index contributed by atoms with van der Waals surface area (Å²) in [4.78, 5) is 27.4. The Kier molecular flexibility index (Phi) is 6.80. The fourth-order valence-electron chi connectivity index (χ4n) is 3.94. The third kappa shape index (κ3) is 5.41. The summed E-state index contributed by atoms with van der Waals surface area (Å²) in [6.45, 7) is 7.69. The first-order valence-corrected chi connectivity index (χ1v) is 10.6. The molecule has 0 bridgehead atoms. The van der Waals surface area contributed by atoms with Crippen LogP contribution in [-0.4, -0.2) is 43.5 Å². The third-order valence-corrected chi connectivity index (χ3v) is 5.41. The second kappa shape index (κ2) is 9.33. The summed E-state index contributed by atoms with van der Waals surface area (Å²) in [7, 11) is 1.67. The molecule has 0 saturated carbocycles. The van der Waals surface area contributed by atoms with E-state index in [1.54, 1.807) is 7.11 Å². The Morgan fingerprint density at radius 1 is 1.10 bits per heavy atom. The standard InChI is InChI=1S/C25H32N2O3/c1-25(2,3)16-23(28)27-14-13-26-24(29)19(17-27)15-18-9-5-6-10-20(18)21-11-7-8-12-22(21)30-4/h5-12,19H,13-17H2,1-4H3,(H,26,29). The smallest absolute Gasteiger partial charge is 0.225 e. The minimum Gasteiger partial charge on any atom is -0.496 e. The zero-order valence-electron chi connectivity index (χ0n) is 18.4. The van der Waals surface area contributed by atoms with Crippen LogP contribution in [0.5, 0.6) is 5.75 Å². The predicted molar refractivity (Wildman–Crippen MR) is 119 cm³/mol. The molecule has 1 saturated heterocycles. The Morgan fingerprint density at radius 3 is 2.47 bits per heavy atom. The third-order valence-electron chi connectivity index (χ3n) is 5.41. The molecule has 1 N–H and O–H groups in total. The first-order chi connectivity index (χ1) is 14.3. The van der Waals surface area contributed by atoms with Gasteiger partial charge in [-0.2, -0.15) is 0 Å². The van der Waals surface area contributed by atoms with Gasteiger partial charge in [0, 0.05) is 31.6 Å². The van der Waals surface area contributed by atoms with Crippen LogP contribution in [0.4, 0.5) is 0 Å². The molecule has 1 aliphatic heterocycles. The van der Waals surface area contributed by atoms with Crippen molar-refractivity contribution in [2.45, 2.75) is 33.6 Å². The molecule has 1 unspecified atom stereocenters. The van der Waals surface area contributed by atoms with Gasteiger partial charge in [0.2, 0.25) is 11.8 Å². The van der Waals surface area contributed by atoms with E-state index in [9.17, 15) is 9.59 Å². The van der Waals surface area contributed by atoms with Crippen molar-refractivity contribution in [1.29, 1.82) is 0 Å². The molecule has 1 heterocycles. The number of hydrogen-bond donors (Lipinski definition) is 1. The van der Waals surface area contributed by atoms with E-state index in [0.29, 0.717) is 32.5 Å². The van der Waals surface area contributed by atoms with Crippen LogP contribution in [0, 0.1) is 11.3 Å². The first-order valence-electron chi connectivity index (χ1n) is 10.6. The van der Waals surface area contributed by atoms with Crippen molar-refractivity contribution >= 4 is 11.8 Å². The van der Waals surface area contributed by atoms with Crippen LogP contribution in [0.2, 0.25) is 0 Å². The minimum absolute atomic E-state index is 0.0101. The van der Waals surface area contributed by atoms with E-state index < -0.39 is 0 Å². The van der Waals surface area contributed by atoms with Gasteiger partial charge in [0.1, 0.15) is 5.75 Å². The van der Waals surface area contributed by atoms with Crippen molar-refractivity contribution in [2.75, 3.05) is 26.7 Å². The van der Waals surface area contributed by atoms with Crippen LogP contribution in [0.3, 0.4) is 0 Å². The summed E-state index contributed by atoms with van der Waals surface area (Å²) in [5.74, 6) is 0.641. The molecule has 2 aromatic rings. The highest BCUT2D eigenvalue weighted by atomic mass is 16.5. The SMILES string of the molecule is COc1ccccc1-c1ccccc1CC1CN(C(=O)CC(C)(C)C)CCNC1=O. The molecule has 5 nitrogen and oxygen atoms in total. The fraction of sp³-hybridized carbons (Fsp3) is 0.440. The number of para-hydroxylation sites is 1. The largest absolute Gasteiger partial charge is 0.496 e. The van der Waals surface area contributed by atoms with Crippen molar-refractivity contribution in [3.8, 4) is 16.9 Å². The van der Waals surface area contributed by atoms with Crippen LogP contribution >= 0.6 is 0 Å². The van der Waals surface area contributed by atoms with Gasteiger partial charge in [-0.1, -0.05) is 63.2 Å². The molecular weight excluding hydrogens is 376 g/mol. The van der Waals surface area contributed by atoms with Gasteiger partial charge in [0.25, 0.3) is 0 Å². The predicted octanol–water partition coefficient (Wildman–Crippen LogP) is 3.92. The Balaban J connectivity index is 1.86. The monoisotopic (exact) mass is 408 g/mol. The Labute approximate surface area is 179 Å². The van der Waals surface area contributed by atoms with Gasteiger partial charge in [-0.15, -0.1) is 0 Å². The zero-order chi connectivity index (χ0) is 21.7. The second-order valence-electron chi connectivity index (χ2n) is 9.13. The molecule has 0 aliphatic carbocycles. The molecule has 0 aromatic heterocycles. The molecule has 1 aliphatic rings. The molecule has 160 valence electrons. The van der Waals surface area contributed by atoms with Crippen LogP contribution in [0.1, 0.15) is 32.8 Å². The number of rotatable bonds is 5. The molecule has 2 aromatic carbocycles. The van der Waals surface area contributed by atoms with E-state index >= 15 is 0 Å². The molecule has 5 heteroatoms. The van der Waals surface area contributed by atoms with Crippen LogP contribution in [0.25, 0.3) is 11.1 Å². The van der Waals surface area contributed by atoms with Gasteiger partial charge in [-0.3, -0.25) is 9.59 Å². The van der Waals surface area contributed by atoms with Gasteiger partial charge in [0.15, 0.2) is 0 Å². The van der Waals surface area contributed by atoms with Crippen LogP contribution in [-0.2, 0) is 16.0 Å². The molecule has 1 fully saturated rings. The number of nitrogens with one attached hydrogen (secondary N) is 1. The van der Waals surface area contributed by atoms with Gasteiger partial charge in [-0.05, 0) is 29.0 Å². The Hall–Kier alpha value is -2.82. The van der Waals surface area contributed by atoms with Gasteiger partial charge >= 0.3 is 0 Å². The average Bonchev–Trinajstić information content (AvgIpc) is 2.89. The van der Waals surface area contributed by atoms with Crippen LogP contribution in [0.15, 0.2) is 48.5 Å². The highest BCUT2D eigenvalue weighted by Gasteiger charge is 2.30. The van der Waals surface area contributed by atoms with E-state index in [1.807, 2.05) is 41.3 Å². The quantitative estimate of drug-likeness (QED) is 0.816. The lowest BCUT2D eigenvalue weighted by molar-refractivity contribution is -0.133. The lowest BCUT2D eigenvalue weighted by Crippen LogP contribution is -2.38. The summed E-state index contributed by atoms with van der Waals surface area (Å²) in [6.07, 6.45) is 1.05. The summed E-state index contributed by atoms with van der Waals surface area (Å²) in [6, 6.07) is 16.0. The van der Waals surface area contributed by atoms with E-state index in [0.717, 1.165) is 22.4 Å². The maximum Gasteiger partial charge on any atom is 0.225 e. The van der Waals surface area contributed by atoms with E-state index in [2.05, 4.69) is 38.2 Å². The van der Waals surface area contributed by atoms with Crippen molar-refractivity contribution in [3.63, 3.8) is 0 Å². The Bertz CT molecular complexity index is 901. The number of amides is 2. The molecule has 0 radical (unpaired) electrons. The number of carbonyl (C=O) groups is 2.